The Kier molecular flexibility index (Phi) is 5.07. The van der Waals surface area contributed by atoms with Gasteiger partial charge in [-0.1, -0.05) is 12.8 Å². The fraction of sp³-hybridized carbons (Fsp3) is 0.389. The smallest absolute Gasteiger partial charge is 0.353 e. The molecule has 2 aliphatic rings. The molecule has 1 aromatic carbocycles. The zero-order valence-electron chi connectivity index (χ0n) is 14.5. The highest BCUT2D eigenvalue weighted by Gasteiger charge is 2.27. The van der Waals surface area contributed by atoms with Crippen LogP contribution in [-0.4, -0.2) is 38.6 Å². The summed E-state index contributed by atoms with van der Waals surface area (Å²) in [5.74, 6) is 0.818. The van der Waals surface area contributed by atoms with Crippen molar-refractivity contribution in [1.82, 2.24) is 4.31 Å². The normalized spacial score (nSPS) is 17.5. The maximum Gasteiger partial charge on any atom is 0.353 e. The summed E-state index contributed by atoms with van der Waals surface area (Å²) in [7, 11) is -3.58. The monoisotopic (exact) mass is 409 g/mol. The minimum atomic E-state index is -3.58. The molecule has 0 unspecified atom stereocenters. The Morgan fingerprint density at radius 1 is 1.04 bits per heavy atom. The van der Waals surface area contributed by atoms with Crippen molar-refractivity contribution in [2.24, 2.45) is 0 Å². The number of nitrogens with zero attached hydrogens (tertiary/aromatic N) is 1. The first-order valence-corrected chi connectivity index (χ1v) is 11.1. The van der Waals surface area contributed by atoms with Crippen LogP contribution in [0.5, 0.6) is 17.2 Å². The van der Waals surface area contributed by atoms with E-state index in [-0.39, 0.29) is 16.6 Å². The van der Waals surface area contributed by atoms with Gasteiger partial charge in [0.15, 0.2) is 11.5 Å². The van der Waals surface area contributed by atoms with E-state index in [0.717, 1.165) is 37.0 Å². The molecule has 0 bridgehead atoms. The molecule has 0 radical (unpaired) electrons. The number of hydrogen-bond donors (Lipinski definition) is 0. The zero-order valence-corrected chi connectivity index (χ0v) is 16.2. The van der Waals surface area contributed by atoms with Crippen molar-refractivity contribution in [1.29, 1.82) is 0 Å². The summed E-state index contributed by atoms with van der Waals surface area (Å²) in [6, 6.07) is 6.23. The number of esters is 1. The number of fused-ring (bicyclic) bond motifs is 1. The Labute approximate surface area is 161 Å². The van der Waals surface area contributed by atoms with Crippen LogP contribution < -0.4 is 14.2 Å². The number of carbonyl (C=O) groups is 1. The second-order valence-electron chi connectivity index (χ2n) is 6.37. The van der Waals surface area contributed by atoms with Crippen molar-refractivity contribution >= 4 is 27.3 Å². The Bertz CT molecular complexity index is 945. The molecule has 7 nitrogen and oxygen atoms in total. The molecule has 0 N–H and O–H groups in total. The molecule has 0 amide bonds. The molecule has 0 atom stereocenters. The molecule has 1 saturated heterocycles. The third kappa shape index (κ3) is 3.80. The standard InChI is InChI=1S/C18H19NO6S2/c20-18(25-13-5-6-15-16(9-13)24-12-23-15)17-10-14(11-26-17)27(21,22)19-7-3-1-2-4-8-19/h5-6,9-11H,1-4,7-8,12H2. The van der Waals surface area contributed by atoms with Crippen LogP contribution in [0.25, 0.3) is 0 Å². The number of thiophene rings is 1. The Morgan fingerprint density at radius 3 is 2.56 bits per heavy atom. The van der Waals surface area contributed by atoms with E-state index in [0.29, 0.717) is 30.3 Å². The Morgan fingerprint density at radius 2 is 1.78 bits per heavy atom. The second kappa shape index (κ2) is 7.49. The first kappa shape index (κ1) is 18.3. The van der Waals surface area contributed by atoms with Gasteiger partial charge in [0, 0.05) is 24.5 Å². The molecule has 0 spiro atoms. The van der Waals surface area contributed by atoms with E-state index in [2.05, 4.69) is 0 Å². The van der Waals surface area contributed by atoms with Gasteiger partial charge in [0.05, 0.1) is 4.90 Å². The molecule has 1 fully saturated rings. The van der Waals surface area contributed by atoms with Crippen molar-refractivity contribution in [2.45, 2.75) is 30.6 Å². The quantitative estimate of drug-likeness (QED) is 0.569. The van der Waals surface area contributed by atoms with Crippen LogP contribution in [-0.2, 0) is 10.0 Å². The maximum absolute atomic E-state index is 12.8. The predicted molar refractivity (Wildman–Crippen MR) is 99.1 cm³/mol. The first-order valence-electron chi connectivity index (χ1n) is 8.74. The molecule has 2 aromatic rings. The molecule has 4 rings (SSSR count). The van der Waals surface area contributed by atoms with Crippen molar-refractivity contribution in [3.63, 3.8) is 0 Å². The van der Waals surface area contributed by atoms with Gasteiger partial charge >= 0.3 is 5.97 Å². The number of carbonyl (C=O) groups excluding carboxylic acids is 1. The summed E-state index contributed by atoms with van der Waals surface area (Å²) in [6.07, 6.45) is 3.82. The number of hydrogen-bond acceptors (Lipinski definition) is 7. The van der Waals surface area contributed by atoms with Gasteiger partial charge < -0.3 is 14.2 Å². The van der Waals surface area contributed by atoms with Crippen LogP contribution in [0.3, 0.4) is 0 Å². The summed E-state index contributed by atoms with van der Waals surface area (Å²) in [5.41, 5.74) is 0. The predicted octanol–water partition coefficient (Wildman–Crippen LogP) is 3.26. The second-order valence-corrected chi connectivity index (χ2v) is 9.22. The Hall–Kier alpha value is -2.10. The zero-order chi connectivity index (χ0) is 18.9. The molecule has 1 aromatic heterocycles. The molecule has 0 saturated carbocycles. The highest BCUT2D eigenvalue weighted by atomic mass is 32.2. The van der Waals surface area contributed by atoms with E-state index in [1.807, 2.05) is 0 Å². The molecular formula is C18H19NO6S2. The minimum Gasteiger partial charge on any atom is -0.454 e. The van der Waals surface area contributed by atoms with Gasteiger partial charge in [-0.25, -0.2) is 13.2 Å². The van der Waals surface area contributed by atoms with E-state index in [1.54, 1.807) is 18.2 Å². The van der Waals surface area contributed by atoms with Crippen LogP contribution in [0.1, 0.15) is 35.4 Å². The summed E-state index contributed by atoms with van der Waals surface area (Å²) in [5, 5.41) is 1.50. The van der Waals surface area contributed by atoms with Crippen molar-refractivity contribution in [2.75, 3.05) is 19.9 Å². The number of rotatable bonds is 4. The third-order valence-corrected chi connectivity index (χ3v) is 7.47. The number of ether oxygens (including phenoxy) is 3. The third-order valence-electron chi connectivity index (χ3n) is 4.53. The van der Waals surface area contributed by atoms with Crippen LogP contribution >= 0.6 is 11.3 Å². The van der Waals surface area contributed by atoms with Gasteiger partial charge in [-0.3, -0.25) is 0 Å². The van der Waals surface area contributed by atoms with E-state index < -0.39 is 16.0 Å². The summed E-state index contributed by atoms with van der Waals surface area (Å²) >= 11 is 1.06. The van der Waals surface area contributed by atoms with Crippen molar-refractivity contribution < 1.29 is 27.4 Å². The average Bonchev–Trinajstić information content (AvgIpc) is 3.24. The van der Waals surface area contributed by atoms with Crippen LogP contribution in [0.4, 0.5) is 0 Å². The van der Waals surface area contributed by atoms with Crippen LogP contribution in [0.15, 0.2) is 34.5 Å². The lowest BCUT2D eigenvalue weighted by Crippen LogP contribution is -2.31. The first-order chi connectivity index (χ1) is 13.0. The molecule has 27 heavy (non-hydrogen) atoms. The average molecular weight is 409 g/mol. The van der Waals surface area contributed by atoms with Gasteiger partial charge in [0.1, 0.15) is 10.6 Å². The van der Waals surface area contributed by atoms with E-state index in [9.17, 15) is 13.2 Å². The van der Waals surface area contributed by atoms with Crippen molar-refractivity contribution in [3.05, 3.63) is 34.5 Å². The maximum atomic E-state index is 12.8. The fourth-order valence-electron chi connectivity index (χ4n) is 3.09. The number of benzene rings is 1. The number of sulfonamides is 1. The van der Waals surface area contributed by atoms with Gasteiger partial charge in [-0.05, 0) is 31.0 Å². The summed E-state index contributed by atoms with van der Waals surface area (Å²) in [4.78, 5) is 12.8. The van der Waals surface area contributed by atoms with Gasteiger partial charge in [-0.15, -0.1) is 11.3 Å². The molecule has 144 valence electrons. The summed E-state index contributed by atoms with van der Waals surface area (Å²) < 4.78 is 43.0. The minimum absolute atomic E-state index is 0.134. The fourth-order valence-corrected chi connectivity index (χ4v) is 5.74. The van der Waals surface area contributed by atoms with E-state index in [4.69, 9.17) is 14.2 Å². The highest BCUT2D eigenvalue weighted by molar-refractivity contribution is 7.89. The van der Waals surface area contributed by atoms with Gasteiger partial charge in [0.2, 0.25) is 16.8 Å². The molecule has 3 heterocycles. The van der Waals surface area contributed by atoms with Crippen molar-refractivity contribution in [3.8, 4) is 17.2 Å². The summed E-state index contributed by atoms with van der Waals surface area (Å²) in [6.45, 7) is 1.18. The SMILES string of the molecule is O=C(Oc1ccc2c(c1)OCO2)c1cc(S(=O)(=O)N2CCCCCC2)cs1. The highest BCUT2D eigenvalue weighted by Crippen LogP contribution is 2.35. The van der Waals surface area contributed by atoms with E-state index in [1.165, 1.54) is 15.8 Å². The lowest BCUT2D eigenvalue weighted by atomic mass is 10.2. The van der Waals surface area contributed by atoms with Crippen LogP contribution in [0, 0.1) is 0 Å². The lowest BCUT2D eigenvalue weighted by Gasteiger charge is -2.18. The molecule has 0 aliphatic carbocycles. The molecular weight excluding hydrogens is 390 g/mol. The molecule has 9 heteroatoms. The van der Waals surface area contributed by atoms with E-state index >= 15 is 0 Å². The lowest BCUT2D eigenvalue weighted by molar-refractivity contribution is 0.0739. The largest absolute Gasteiger partial charge is 0.454 e. The van der Waals surface area contributed by atoms with Crippen LogP contribution in [0.2, 0.25) is 0 Å². The topological polar surface area (TPSA) is 82.1 Å². The van der Waals surface area contributed by atoms with Gasteiger partial charge in [0.25, 0.3) is 0 Å². The van der Waals surface area contributed by atoms with Gasteiger partial charge in [-0.2, -0.15) is 4.31 Å². The molecule has 2 aliphatic heterocycles. The Balaban J connectivity index is 1.49.